The summed E-state index contributed by atoms with van der Waals surface area (Å²) in [7, 11) is 0. The molecule has 7 heteroatoms. The van der Waals surface area contributed by atoms with Gasteiger partial charge in [-0.05, 0) is 41.5 Å². The number of hydrogen-bond donors (Lipinski definition) is 2. The highest BCUT2D eigenvalue weighted by atomic mass is 19.1. The van der Waals surface area contributed by atoms with Gasteiger partial charge in [0.25, 0.3) is 0 Å². The van der Waals surface area contributed by atoms with E-state index < -0.39 is 0 Å². The van der Waals surface area contributed by atoms with Gasteiger partial charge in [0.15, 0.2) is 0 Å². The maximum absolute atomic E-state index is 13.8. The maximum Gasteiger partial charge on any atom is 0.123 e. The summed E-state index contributed by atoms with van der Waals surface area (Å²) < 4.78 is 13.8. The normalized spacial score (nSPS) is 11.4. The second-order valence-corrected chi connectivity index (χ2v) is 7.30. The molecule has 0 spiro atoms. The van der Waals surface area contributed by atoms with Crippen LogP contribution in [0.1, 0.15) is 0 Å². The molecule has 0 bridgehead atoms. The van der Waals surface area contributed by atoms with Crippen LogP contribution in [0, 0.1) is 5.82 Å². The molecule has 0 radical (unpaired) electrons. The summed E-state index contributed by atoms with van der Waals surface area (Å²) in [6.07, 6.45) is 8.61. The summed E-state index contributed by atoms with van der Waals surface area (Å²) in [6.45, 7) is 0. The molecule has 2 N–H and O–H groups in total. The Morgan fingerprint density at radius 3 is 2.48 bits per heavy atom. The Bertz CT molecular complexity index is 1550. The summed E-state index contributed by atoms with van der Waals surface area (Å²) in [5, 5.41) is 9.58. The molecule has 2 aromatic carbocycles. The number of benzene rings is 2. The van der Waals surface area contributed by atoms with E-state index in [1.165, 1.54) is 18.5 Å². The summed E-state index contributed by atoms with van der Waals surface area (Å²) in [4.78, 5) is 16.0. The summed E-state index contributed by atoms with van der Waals surface area (Å²) in [5.74, 6) is -0.277. The molecular weight excluding hydrogens is 391 g/mol. The van der Waals surface area contributed by atoms with Crippen molar-refractivity contribution in [3.63, 3.8) is 0 Å². The Labute approximate surface area is 175 Å². The first kappa shape index (κ1) is 17.5. The lowest BCUT2D eigenvalue weighted by Gasteiger charge is -2.02. The minimum absolute atomic E-state index is 0.277. The Hall–Kier alpha value is -4.39. The molecule has 0 saturated carbocycles. The van der Waals surface area contributed by atoms with Crippen molar-refractivity contribution in [2.75, 3.05) is 0 Å². The molecule has 0 amide bonds. The largest absolute Gasteiger partial charge is 0.352 e. The zero-order valence-corrected chi connectivity index (χ0v) is 16.2. The van der Waals surface area contributed by atoms with Crippen LogP contribution in [0.3, 0.4) is 0 Å². The number of rotatable bonds is 3. The fourth-order valence-electron chi connectivity index (χ4n) is 3.91. The first-order chi connectivity index (χ1) is 15.3. The Morgan fingerprint density at radius 2 is 1.61 bits per heavy atom. The molecule has 31 heavy (non-hydrogen) atoms. The van der Waals surface area contributed by atoms with Crippen molar-refractivity contribution in [1.82, 2.24) is 30.1 Å². The second kappa shape index (κ2) is 6.84. The summed E-state index contributed by atoms with van der Waals surface area (Å²) in [5.41, 5.74) is 7.03. The van der Waals surface area contributed by atoms with E-state index in [-0.39, 0.29) is 5.82 Å². The molecule has 0 unspecified atom stereocenters. The van der Waals surface area contributed by atoms with Crippen LogP contribution in [-0.4, -0.2) is 30.1 Å². The Balaban J connectivity index is 1.52. The van der Waals surface area contributed by atoms with E-state index in [0.29, 0.717) is 0 Å². The molecule has 6 nitrogen and oxygen atoms in total. The van der Waals surface area contributed by atoms with Crippen LogP contribution in [0.25, 0.3) is 55.4 Å². The van der Waals surface area contributed by atoms with Crippen LogP contribution in [0.2, 0.25) is 0 Å². The van der Waals surface area contributed by atoms with Gasteiger partial charge in [-0.2, -0.15) is 5.10 Å². The fraction of sp³-hybridized carbons (Fsp3) is 0. The van der Waals surface area contributed by atoms with E-state index in [1.54, 1.807) is 30.9 Å². The van der Waals surface area contributed by atoms with Crippen LogP contribution in [0.4, 0.5) is 4.39 Å². The zero-order chi connectivity index (χ0) is 20.8. The van der Waals surface area contributed by atoms with E-state index in [2.05, 4.69) is 36.2 Å². The zero-order valence-electron chi connectivity index (χ0n) is 16.2. The second-order valence-electron chi connectivity index (χ2n) is 7.30. The molecule has 4 aromatic heterocycles. The van der Waals surface area contributed by atoms with Crippen LogP contribution >= 0.6 is 0 Å². The number of aromatic nitrogens is 6. The highest BCUT2D eigenvalue weighted by Crippen LogP contribution is 2.34. The monoisotopic (exact) mass is 406 g/mol. The van der Waals surface area contributed by atoms with Crippen molar-refractivity contribution >= 4 is 21.8 Å². The van der Waals surface area contributed by atoms with Gasteiger partial charge >= 0.3 is 0 Å². The number of pyridine rings is 1. The van der Waals surface area contributed by atoms with Crippen molar-refractivity contribution < 1.29 is 4.39 Å². The third-order valence-electron chi connectivity index (χ3n) is 5.39. The summed E-state index contributed by atoms with van der Waals surface area (Å²) in [6, 6.07) is 14.6. The molecule has 6 rings (SSSR count). The number of aromatic amines is 2. The average molecular weight is 406 g/mol. The van der Waals surface area contributed by atoms with E-state index in [0.717, 1.165) is 55.4 Å². The molecule has 0 atom stereocenters. The van der Waals surface area contributed by atoms with Gasteiger partial charge in [-0.1, -0.05) is 18.2 Å². The van der Waals surface area contributed by atoms with Crippen molar-refractivity contribution in [3.05, 3.63) is 85.5 Å². The van der Waals surface area contributed by atoms with Crippen LogP contribution in [0.15, 0.2) is 79.6 Å². The van der Waals surface area contributed by atoms with Gasteiger partial charge in [0.1, 0.15) is 17.8 Å². The lowest BCUT2D eigenvalue weighted by atomic mass is 10.0. The van der Waals surface area contributed by atoms with Crippen molar-refractivity contribution in [2.45, 2.75) is 0 Å². The molecule has 148 valence electrons. The van der Waals surface area contributed by atoms with E-state index >= 15 is 0 Å². The van der Waals surface area contributed by atoms with Gasteiger partial charge in [-0.15, -0.1) is 0 Å². The van der Waals surface area contributed by atoms with E-state index in [4.69, 9.17) is 0 Å². The van der Waals surface area contributed by atoms with Crippen molar-refractivity contribution in [2.24, 2.45) is 0 Å². The predicted octanol–water partition coefficient (Wildman–Crippen LogP) is 5.37. The highest BCUT2D eigenvalue weighted by Gasteiger charge is 2.15. The quantitative estimate of drug-likeness (QED) is 0.414. The lowest BCUT2D eigenvalue weighted by Crippen LogP contribution is -1.83. The van der Waals surface area contributed by atoms with Crippen LogP contribution in [0.5, 0.6) is 0 Å². The first-order valence-electron chi connectivity index (χ1n) is 9.73. The van der Waals surface area contributed by atoms with Gasteiger partial charge < -0.3 is 4.98 Å². The number of fused-ring (bicyclic) bond motifs is 2. The van der Waals surface area contributed by atoms with Crippen LogP contribution in [-0.2, 0) is 0 Å². The SMILES string of the molecule is Fc1cccc(-c2cncc3[nH]c(-c4n[nH]c5ccc(-c6cncnc6)cc45)cc23)c1. The van der Waals surface area contributed by atoms with Crippen molar-refractivity contribution in [1.29, 1.82) is 0 Å². The number of nitrogens with zero attached hydrogens (tertiary/aromatic N) is 4. The van der Waals surface area contributed by atoms with Crippen molar-refractivity contribution in [3.8, 4) is 33.6 Å². The fourth-order valence-corrected chi connectivity index (χ4v) is 3.91. The van der Waals surface area contributed by atoms with Gasteiger partial charge in [0.2, 0.25) is 0 Å². The highest BCUT2D eigenvalue weighted by molar-refractivity contribution is 6.01. The summed E-state index contributed by atoms with van der Waals surface area (Å²) >= 11 is 0. The lowest BCUT2D eigenvalue weighted by molar-refractivity contribution is 0.628. The molecule has 0 aliphatic rings. The molecular formula is C24H15FN6. The Kier molecular flexibility index (Phi) is 3.86. The molecule has 0 aliphatic heterocycles. The number of halogens is 1. The smallest absolute Gasteiger partial charge is 0.123 e. The van der Waals surface area contributed by atoms with E-state index in [1.807, 2.05) is 24.3 Å². The van der Waals surface area contributed by atoms with Gasteiger partial charge in [-0.3, -0.25) is 10.1 Å². The average Bonchev–Trinajstić information content (AvgIpc) is 3.43. The predicted molar refractivity (Wildman–Crippen MR) is 118 cm³/mol. The first-order valence-corrected chi connectivity index (χ1v) is 9.73. The third-order valence-corrected chi connectivity index (χ3v) is 5.39. The third kappa shape index (κ3) is 2.95. The van der Waals surface area contributed by atoms with E-state index in [9.17, 15) is 4.39 Å². The number of nitrogens with one attached hydrogen (secondary N) is 2. The van der Waals surface area contributed by atoms with Crippen LogP contribution < -0.4 is 0 Å². The van der Waals surface area contributed by atoms with Gasteiger partial charge in [-0.25, -0.2) is 14.4 Å². The molecule has 0 aliphatic carbocycles. The van der Waals surface area contributed by atoms with Gasteiger partial charge in [0, 0.05) is 40.5 Å². The molecule has 0 saturated heterocycles. The molecule has 4 heterocycles. The minimum Gasteiger partial charge on any atom is -0.352 e. The molecule has 6 aromatic rings. The minimum atomic E-state index is -0.277. The Morgan fingerprint density at radius 1 is 0.710 bits per heavy atom. The maximum atomic E-state index is 13.8. The van der Waals surface area contributed by atoms with Gasteiger partial charge in [0.05, 0.1) is 22.9 Å². The number of hydrogen-bond acceptors (Lipinski definition) is 4. The topological polar surface area (TPSA) is 83.1 Å². The molecule has 0 fully saturated rings. The standard InChI is InChI=1S/C24H15FN6/c25-17-3-1-2-15(6-17)20-11-26-12-23-18(20)8-22(29-23)24-19-7-14(4-5-21(19)30-31-24)16-9-27-13-28-10-16/h1-13,29H,(H,30,31). The number of H-pyrrole nitrogens is 2.